The van der Waals surface area contributed by atoms with Crippen LogP contribution in [0.15, 0.2) is 12.2 Å². The molecule has 0 spiro atoms. The van der Waals surface area contributed by atoms with Crippen LogP contribution in [0.2, 0.25) is 0 Å². The molecule has 5 fully saturated rings. The average molecular weight is 1180 g/mol. The van der Waals surface area contributed by atoms with Gasteiger partial charge in [0.2, 0.25) is 11.8 Å². The van der Waals surface area contributed by atoms with Crippen molar-refractivity contribution in [1.82, 2.24) is 10.6 Å². The van der Waals surface area contributed by atoms with Crippen molar-refractivity contribution < 1.29 is 134 Å². The minimum absolute atomic E-state index is 0.443. The van der Waals surface area contributed by atoms with E-state index in [1.807, 2.05) is 0 Å². The van der Waals surface area contributed by atoms with Crippen molar-refractivity contribution in [2.45, 2.75) is 270 Å². The Morgan fingerprint density at radius 1 is 0.481 bits per heavy atom. The Hall–Kier alpha value is -2.32. The second-order valence-electron chi connectivity index (χ2n) is 21.5. The first kappa shape index (κ1) is 69.5. The highest BCUT2D eigenvalue weighted by atomic mass is 16.8. The summed E-state index contributed by atoms with van der Waals surface area (Å²) in [5, 5.41) is 168. The Bertz CT molecular complexity index is 1850. The summed E-state index contributed by atoms with van der Waals surface area (Å²) in [4.78, 5) is 24.8. The molecule has 81 heavy (non-hydrogen) atoms. The van der Waals surface area contributed by atoms with Gasteiger partial charge in [0.25, 0.3) is 0 Å². The van der Waals surface area contributed by atoms with Gasteiger partial charge in [0.05, 0.1) is 51.3 Å². The highest BCUT2D eigenvalue weighted by Gasteiger charge is 2.57. The number of ether oxygens (including phenoxy) is 10. The van der Waals surface area contributed by atoms with Crippen molar-refractivity contribution in [2.75, 3.05) is 33.0 Å². The third kappa shape index (κ3) is 18.8. The maximum absolute atomic E-state index is 12.7. The Morgan fingerprint density at radius 2 is 0.951 bits per heavy atom. The van der Waals surface area contributed by atoms with Crippen molar-refractivity contribution in [3.63, 3.8) is 0 Å². The normalized spacial score (nSPS) is 41.2. The van der Waals surface area contributed by atoms with Gasteiger partial charge in [-0.3, -0.25) is 9.59 Å². The minimum atomic E-state index is -2.14. The number of hydrogen-bond donors (Lipinski definition) is 17. The third-order valence-electron chi connectivity index (χ3n) is 15.2. The summed E-state index contributed by atoms with van der Waals surface area (Å²) >= 11 is 0. The molecule has 29 nitrogen and oxygen atoms in total. The molecule has 0 radical (unpaired) electrons. The maximum atomic E-state index is 12.7. The molecule has 5 heterocycles. The first-order chi connectivity index (χ1) is 38.6. The summed E-state index contributed by atoms with van der Waals surface area (Å²) in [7, 11) is 0. The van der Waals surface area contributed by atoms with Crippen molar-refractivity contribution in [3.05, 3.63) is 12.2 Å². The summed E-state index contributed by atoms with van der Waals surface area (Å²) in [5.41, 5.74) is 0. The zero-order valence-electron chi connectivity index (χ0n) is 46.4. The molecule has 27 atom stereocenters. The van der Waals surface area contributed by atoms with Crippen molar-refractivity contribution in [2.24, 2.45) is 0 Å². The van der Waals surface area contributed by atoms with Crippen LogP contribution in [0.25, 0.3) is 0 Å². The van der Waals surface area contributed by atoms with Crippen LogP contribution in [0.3, 0.4) is 0 Å². The highest BCUT2D eigenvalue weighted by Crippen LogP contribution is 2.36. The van der Waals surface area contributed by atoms with E-state index in [0.717, 1.165) is 32.6 Å². The molecule has 0 aromatic carbocycles. The first-order valence-corrected chi connectivity index (χ1v) is 28.3. The van der Waals surface area contributed by atoms with E-state index in [4.69, 9.17) is 47.4 Å². The number of aliphatic hydroxyl groups is 15. The molecule has 0 unspecified atom stereocenters. The first-order valence-electron chi connectivity index (χ1n) is 28.3. The van der Waals surface area contributed by atoms with Crippen LogP contribution in [0.5, 0.6) is 0 Å². The molecule has 17 N–H and O–H groups in total. The molecule has 0 bridgehead atoms. The topological polar surface area (TPSA) is 454 Å². The van der Waals surface area contributed by atoms with E-state index >= 15 is 0 Å². The van der Waals surface area contributed by atoms with Gasteiger partial charge in [-0.25, -0.2) is 0 Å². The molecule has 29 heteroatoms. The zero-order chi connectivity index (χ0) is 59.7. The number of carbonyl (C=O) groups is 2. The van der Waals surface area contributed by atoms with Crippen molar-refractivity contribution in [3.8, 4) is 0 Å². The van der Waals surface area contributed by atoms with E-state index < -0.39 is 210 Å². The quantitative estimate of drug-likeness (QED) is 0.0227. The van der Waals surface area contributed by atoms with Crippen LogP contribution >= 0.6 is 0 Å². The maximum Gasteiger partial charge on any atom is 0.217 e. The number of amides is 2. The molecule has 5 rings (SSSR count). The second kappa shape index (κ2) is 34.1. The number of allylic oxidation sites excluding steroid dienone is 1. The lowest BCUT2D eigenvalue weighted by Gasteiger charge is -2.50. The lowest BCUT2D eigenvalue weighted by atomic mass is 9.94. The van der Waals surface area contributed by atoms with Gasteiger partial charge in [-0.15, -0.1) is 0 Å². The van der Waals surface area contributed by atoms with Crippen LogP contribution in [-0.4, -0.2) is 287 Å². The van der Waals surface area contributed by atoms with E-state index in [9.17, 15) is 86.2 Å². The number of nitrogens with one attached hydrogen (secondary N) is 2. The van der Waals surface area contributed by atoms with E-state index in [0.29, 0.717) is 6.42 Å². The zero-order valence-corrected chi connectivity index (χ0v) is 46.4. The standard InChI is InChI=1S/C52H92N2O27/c1-5-6-7-8-9-10-11-12-13-14-15-16-17-18-28(61)27(53-25(3)59)23-72-49-42(70)40(68)45(32(22-58)77-49)78-51-43(71)46(36(64)30(20-56)74-51)80-48-33(54-26(4)60)37(65)44(31(21-57)76-48)79-52-47(39(67)35(63)29(19-55)75-52)81-50-41(69)38(66)34(62)24(2)73-50/h17-18,24,27-52,55-58,61-71H,5-16,19-23H2,1-4H3,(H,53,59)(H,54,60)/b18-17-/t24-,27-,28+,29+,30+,31+,32+,33+,34+,35-,36-,37+,38+,39-,40+,41-,42+,43+,44+,45+,46-,47+,48-,49+,50-,51-,52-/m0/s1. The van der Waals surface area contributed by atoms with Crippen LogP contribution in [0.4, 0.5) is 0 Å². The third-order valence-corrected chi connectivity index (χ3v) is 15.2. The molecule has 5 aliphatic heterocycles. The van der Waals surface area contributed by atoms with Gasteiger partial charge in [0.15, 0.2) is 31.5 Å². The predicted octanol–water partition coefficient (Wildman–Crippen LogP) is -5.61. The van der Waals surface area contributed by atoms with E-state index in [1.165, 1.54) is 64.9 Å². The van der Waals surface area contributed by atoms with Gasteiger partial charge in [-0.05, 0) is 19.8 Å². The summed E-state index contributed by atoms with van der Waals surface area (Å²) < 4.78 is 58.1. The molecule has 472 valence electrons. The van der Waals surface area contributed by atoms with Crippen molar-refractivity contribution in [1.29, 1.82) is 0 Å². The summed E-state index contributed by atoms with van der Waals surface area (Å²) in [6, 6.07) is -2.80. The molecule has 0 aliphatic carbocycles. The largest absolute Gasteiger partial charge is 0.394 e. The summed E-state index contributed by atoms with van der Waals surface area (Å²) in [6.45, 7) is 1.58. The summed E-state index contributed by atoms with van der Waals surface area (Å²) in [6.07, 6.45) is -27.8. The predicted molar refractivity (Wildman–Crippen MR) is 274 cm³/mol. The van der Waals surface area contributed by atoms with Crippen molar-refractivity contribution >= 4 is 11.8 Å². The Morgan fingerprint density at radius 3 is 1.53 bits per heavy atom. The van der Waals surface area contributed by atoms with Gasteiger partial charge in [0, 0.05) is 13.8 Å². The highest BCUT2D eigenvalue weighted by molar-refractivity contribution is 5.73. The SMILES string of the molecule is CCCCCCCCCCCCC/C=C\[C@@H](O)[C@H](CO[C@@H]1O[C@H](CO)[C@@H](O[C@@H]2O[C@H](CO)[C@H](O)[C@H](O[C@@H]3O[C@H](CO)[C@@H](O[C@@H]4O[C@H](CO)[C@H](O)[C@H](O)[C@H]4O[C@@H]4O[C@@H](C)[C@@H](O)[C@@H](O)[C@@H]4O)[C@H](O)[C@H]3NC(C)=O)[C@H]2O)[C@H](O)[C@H]1O)NC(C)=O. The number of unbranched alkanes of at least 4 members (excludes halogenated alkanes) is 11. The summed E-state index contributed by atoms with van der Waals surface area (Å²) in [5.74, 6) is -1.32. The van der Waals surface area contributed by atoms with Crippen LogP contribution in [0, 0.1) is 0 Å². The smallest absolute Gasteiger partial charge is 0.217 e. The lowest BCUT2D eigenvalue weighted by Crippen LogP contribution is -2.70. The van der Waals surface area contributed by atoms with Crippen LogP contribution in [-0.2, 0) is 57.0 Å². The van der Waals surface area contributed by atoms with Gasteiger partial charge < -0.3 is 135 Å². The molecular formula is C52H92N2O27. The molecule has 5 saturated heterocycles. The van der Waals surface area contributed by atoms with Gasteiger partial charge >= 0.3 is 0 Å². The number of hydrogen-bond acceptors (Lipinski definition) is 27. The van der Waals surface area contributed by atoms with E-state index in [1.54, 1.807) is 6.08 Å². The second-order valence-corrected chi connectivity index (χ2v) is 21.5. The monoisotopic (exact) mass is 1180 g/mol. The molecular weight excluding hydrogens is 1080 g/mol. The fraction of sp³-hybridized carbons (Fsp3) is 0.923. The Kier molecular flexibility index (Phi) is 29.3. The van der Waals surface area contributed by atoms with Crippen LogP contribution < -0.4 is 10.6 Å². The molecule has 0 aromatic rings. The average Bonchev–Trinajstić information content (AvgIpc) is 3.46. The molecule has 2 amide bonds. The van der Waals surface area contributed by atoms with Gasteiger partial charge in [-0.1, -0.05) is 83.3 Å². The fourth-order valence-corrected chi connectivity index (χ4v) is 10.5. The van der Waals surface area contributed by atoms with Gasteiger partial charge in [-0.2, -0.15) is 0 Å². The van der Waals surface area contributed by atoms with E-state index in [-0.39, 0.29) is 0 Å². The van der Waals surface area contributed by atoms with E-state index in [2.05, 4.69) is 17.6 Å². The number of aliphatic hydroxyl groups excluding tert-OH is 15. The number of carbonyl (C=O) groups excluding carboxylic acids is 2. The Balaban J connectivity index is 1.23. The number of rotatable bonds is 31. The van der Waals surface area contributed by atoms with Gasteiger partial charge in [0.1, 0.15) is 116 Å². The lowest BCUT2D eigenvalue weighted by molar-refractivity contribution is -0.391. The Labute approximate surface area is 470 Å². The fourth-order valence-electron chi connectivity index (χ4n) is 10.5. The molecule has 5 aliphatic rings. The minimum Gasteiger partial charge on any atom is -0.394 e. The van der Waals surface area contributed by atoms with Crippen LogP contribution in [0.1, 0.15) is 105 Å². The molecule has 0 aromatic heterocycles. The molecule has 0 saturated carbocycles.